The van der Waals surface area contributed by atoms with Crippen LogP contribution in [0.3, 0.4) is 0 Å². The van der Waals surface area contributed by atoms with Crippen molar-refractivity contribution in [3.8, 4) is 0 Å². The Morgan fingerprint density at radius 3 is 2.43 bits per heavy atom. The largest absolute Gasteiger partial charge is 0.481 e. The van der Waals surface area contributed by atoms with Gasteiger partial charge in [-0.1, -0.05) is 6.07 Å². The summed E-state index contributed by atoms with van der Waals surface area (Å²) in [5.74, 6) is -1.25. The number of aryl methyl sites for hydroxylation is 1. The Morgan fingerprint density at radius 1 is 1.43 bits per heavy atom. The van der Waals surface area contributed by atoms with E-state index in [2.05, 4.69) is 0 Å². The lowest BCUT2D eigenvalue weighted by Crippen LogP contribution is -2.29. The van der Waals surface area contributed by atoms with Crippen LogP contribution in [0.1, 0.15) is 25.0 Å². The molecule has 0 aromatic heterocycles. The van der Waals surface area contributed by atoms with Crippen LogP contribution in [0.5, 0.6) is 0 Å². The number of halogens is 1. The van der Waals surface area contributed by atoms with Crippen molar-refractivity contribution in [3.63, 3.8) is 0 Å². The van der Waals surface area contributed by atoms with Crippen LogP contribution in [-0.2, 0) is 10.2 Å². The average molecular weight is 196 g/mol. The van der Waals surface area contributed by atoms with Gasteiger partial charge >= 0.3 is 5.97 Å². The molecule has 0 saturated carbocycles. The summed E-state index contributed by atoms with van der Waals surface area (Å²) in [6.45, 7) is 4.92. The molecule has 2 nitrogen and oxygen atoms in total. The first kappa shape index (κ1) is 10.7. The Morgan fingerprint density at radius 2 is 2.00 bits per heavy atom. The van der Waals surface area contributed by atoms with Crippen molar-refractivity contribution in [2.75, 3.05) is 0 Å². The van der Waals surface area contributed by atoms with Crippen LogP contribution in [0.4, 0.5) is 4.39 Å². The van der Waals surface area contributed by atoms with E-state index in [-0.39, 0.29) is 5.82 Å². The molecule has 0 unspecified atom stereocenters. The first-order valence-corrected chi connectivity index (χ1v) is 4.35. The monoisotopic (exact) mass is 196 g/mol. The highest BCUT2D eigenvalue weighted by Crippen LogP contribution is 2.26. The first-order valence-electron chi connectivity index (χ1n) is 4.35. The van der Waals surface area contributed by atoms with Crippen LogP contribution in [0.2, 0.25) is 0 Å². The predicted octanol–water partition coefficient (Wildman–Crippen LogP) is 2.50. The van der Waals surface area contributed by atoms with Gasteiger partial charge in [0.2, 0.25) is 0 Å². The molecule has 1 rings (SSSR count). The summed E-state index contributed by atoms with van der Waals surface area (Å²) in [5, 5.41) is 8.99. The lowest BCUT2D eigenvalue weighted by atomic mass is 9.82. The normalized spacial score (nSPS) is 11.4. The molecule has 14 heavy (non-hydrogen) atoms. The third-order valence-corrected chi connectivity index (χ3v) is 2.40. The molecule has 0 saturated heterocycles. The van der Waals surface area contributed by atoms with E-state index in [9.17, 15) is 9.18 Å². The number of rotatable bonds is 2. The van der Waals surface area contributed by atoms with E-state index in [1.807, 2.05) is 0 Å². The molecule has 3 heteroatoms. The third kappa shape index (κ3) is 1.76. The smallest absolute Gasteiger partial charge is 0.313 e. The number of carboxylic acids is 1. The number of hydrogen-bond acceptors (Lipinski definition) is 1. The molecule has 0 radical (unpaired) electrons. The molecule has 0 amide bonds. The number of aliphatic carboxylic acids is 1. The predicted molar refractivity (Wildman–Crippen MR) is 51.8 cm³/mol. The maximum atomic E-state index is 12.8. The van der Waals surface area contributed by atoms with Crippen LogP contribution in [0, 0.1) is 12.7 Å². The zero-order valence-electron chi connectivity index (χ0n) is 8.47. The van der Waals surface area contributed by atoms with Gasteiger partial charge in [-0.15, -0.1) is 0 Å². The summed E-state index contributed by atoms with van der Waals surface area (Å²) >= 11 is 0. The van der Waals surface area contributed by atoms with E-state index in [1.165, 1.54) is 18.2 Å². The summed E-state index contributed by atoms with van der Waals surface area (Å²) in [6.07, 6.45) is 0. The Labute approximate surface area is 82.4 Å². The maximum absolute atomic E-state index is 12.8. The summed E-state index contributed by atoms with van der Waals surface area (Å²) in [4.78, 5) is 11.0. The van der Waals surface area contributed by atoms with Gasteiger partial charge in [-0.2, -0.15) is 0 Å². The van der Waals surface area contributed by atoms with Gasteiger partial charge < -0.3 is 5.11 Å². The molecule has 0 aliphatic heterocycles. The van der Waals surface area contributed by atoms with Crippen molar-refractivity contribution in [2.45, 2.75) is 26.2 Å². The zero-order valence-corrected chi connectivity index (χ0v) is 8.47. The van der Waals surface area contributed by atoms with E-state index in [0.717, 1.165) is 0 Å². The molecule has 0 bridgehead atoms. The fourth-order valence-corrected chi connectivity index (χ4v) is 1.44. The Hall–Kier alpha value is -1.38. The van der Waals surface area contributed by atoms with Gasteiger partial charge in [-0.05, 0) is 44.0 Å². The molecule has 0 aliphatic carbocycles. The summed E-state index contributed by atoms with van der Waals surface area (Å²) in [5.41, 5.74) is 0.335. The van der Waals surface area contributed by atoms with E-state index in [0.29, 0.717) is 11.1 Å². The van der Waals surface area contributed by atoms with Crippen LogP contribution in [-0.4, -0.2) is 11.1 Å². The fourth-order valence-electron chi connectivity index (χ4n) is 1.44. The molecular weight excluding hydrogens is 183 g/mol. The second-order valence-corrected chi connectivity index (χ2v) is 3.89. The highest BCUT2D eigenvalue weighted by Gasteiger charge is 2.30. The lowest BCUT2D eigenvalue weighted by molar-refractivity contribution is -0.142. The number of benzene rings is 1. The summed E-state index contributed by atoms with van der Waals surface area (Å²) in [6, 6.07) is 4.16. The van der Waals surface area contributed by atoms with E-state index >= 15 is 0 Å². The van der Waals surface area contributed by atoms with Gasteiger partial charge in [0.05, 0.1) is 5.41 Å². The Kier molecular flexibility index (Phi) is 2.60. The molecular formula is C11H13FO2. The molecule has 0 atom stereocenters. The molecule has 76 valence electrons. The minimum Gasteiger partial charge on any atom is -0.481 e. The lowest BCUT2D eigenvalue weighted by Gasteiger charge is -2.21. The van der Waals surface area contributed by atoms with Crippen LogP contribution < -0.4 is 0 Å². The molecule has 1 N–H and O–H groups in total. The molecule has 1 aromatic carbocycles. The Balaban J connectivity index is 3.26. The standard InChI is InChI=1S/C11H13FO2/c1-7-6-8(12)4-5-9(7)11(2,3)10(13)14/h4-6H,1-3H3,(H,13,14). The maximum Gasteiger partial charge on any atom is 0.313 e. The minimum atomic E-state index is -0.974. The van der Waals surface area contributed by atoms with Crippen LogP contribution in [0.15, 0.2) is 18.2 Å². The van der Waals surface area contributed by atoms with Gasteiger partial charge in [0.1, 0.15) is 5.82 Å². The van der Waals surface area contributed by atoms with Crippen molar-refractivity contribution in [2.24, 2.45) is 0 Å². The van der Waals surface area contributed by atoms with Gasteiger partial charge in [0, 0.05) is 0 Å². The molecule has 0 fully saturated rings. The van der Waals surface area contributed by atoms with E-state index in [1.54, 1.807) is 20.8 Å². The van der Waals surface area contributed by atoms with E-state index < -0.39 is 11.4 Å². The van der Waals surface area contributed by atoms with Gasteiger partial charge in [0.15, 0.2) is 0 Å². The van der Waals surface area contributed by atoms with Crippen molar-refractivity contribution >= 4 is 5.97 Å². The quantitative estimate of drug-likeness (QED) is 0.789. The number of carboxylic acid groups (broad SMARTS) is 1. The molecule has 0 heterocycles. The van der Waals surface area contributed by atoms with Gasteiger partial charge in [0.25, 0.3) is 0 Å². The van der Waals surface area contributed by atoms with Gasteiger partial charge in [-0.3, -0.25) is 4.79 Å². The van der Waals surface area contributed by atoms with Crippen molar-refractivity contribution in [1.29, 1.82) is 0 Å². The summed E-state index contributed by atoms with van der Waals surface area (Å²) in [7, 11) is 0. The second kappa shape index (κ2) is 3.40. The fraction of sp³-hybridized carbons (Fsp3) is 0.364. The highest BCUT2D eigenvalue weighted by molar-refractivity contribution is 5.80. The highest BCUT2D eigenvalue weighted by atomic mass is 19.1. The van der Waals surface area contributed by atoms with Crippen molar-refractivity contribution in [1.82, 2.24) is 0 Å². The van der Waals surface area contributed by atoms with Gasteiger partial charge in [-0.25, -0.2) is 4.39 Å². The molecule has 0 spiro atoms. The summed E-state index contributed by atoms with van der Waals surface area (Å²) < 4.78 is 12.8. The average Bonchev–Trinajstić information content (AvgIpc) is 2.02. The third-order valence-electron chi connectivity index (χ3n) is 2.40. The van der Waals surface area contributed by atoms with Crippen molar-refractivity contribution in [3.05, 3.63) is 35.1 Å². The first-order chi connectivity index (χ1) is 6.35. The number of carbonyl (C=O) groups is 1. The Bertz CT molecular complexity index is 370. The molecule has 0 aliphatic rings. The van der Waals surface area contributed by atoms with Crippen LogP contribution >= 0.6 is 0 Å². The second-order valence-electron chi connectivity index (χ2n) is 3.89. The zero-order chi connectivity index (χ0) is 10.9. The molecule has 1 aromatic rings. The van der Waals surface area contributed by atoms with Crippen LogP contribution in [0.25, 0.3) is 0 Å². The van der Waals surface area contributed by atoms with E-state index in [4.69, 9.17) is 5.11 Å². The SMILES string of the molecule is Cc1cc(F)ccc1C(C)(C)C(=O)O. The number of hydrogen-bond donors (Lipinski definition) is 1. The topological polar surface area (TPSA) is 37.3 Å². The van der Waals surface area contributed by atoms with Crippen molar-refractivity contribution < 1.29 is 14.3 Å². The minimum absolute atomic E-state index is 0.340.